The van der Waals surface area contributed by atoms with Crippen molar-refractivity contribution in [3.8, 4) is 18.1 Å². The van der Waals surface area contributed by atoms with Gasteiger partial charge in [-0.15, -0.1) is 6.42 Å². The van der Waals surface area contributed by atoms with Crippen LogP contribution in [0.4, 0.5) is 18.0 Å². The van der Waals surface area contributed by atoms with Crippen molar-refractivity contribution in [3.63, 3.8) is 0 Å². The second-order valence-electron chi connectivity index (χ2n) is 4.95. The average Bonchev–Trinajstić information content (AvgIpc) is 2.67. The smallest absolute Gasteiger partial charge is 0.481 e. The summed E-state index contributed by atoms with van der Waals surface area (Å²) in [6.45, 7) is 1.89. The lowest BCUT2D eigenvalue weighted by atomic mass is 10.2. The molecule has 0 spiro atoms. The number of para-hydroxylation sites is 1. The number of nitrogens with one attached hydrogen (secondary N) is 2. The second-order valence-corrected chi connectivity index (χ2v) is 7.65. The van der Waals surface area contributed by atoms with Gasteiger partial charge < -0.3 is 26.2 Å². The molecule has 162 valence electrons. The number of benzene rings is 1. The number of aliphatic carboxylic acids is 1. The molecule has 0 aliphatic carbocycles. The van der Waals surface area contributed by atoms with E-state index in [2.05, 4.69) is 16.6 Å². The molecule has 1 aromatic carbocycles. The van der Waals surface area contributed by atoms with Crippen molar-refractivity contribution >= 4 is 33.6 Å². The van der Waals surface area contributed by atoms with Gasteiger partial charge in [-0.1, -0.05) is 45.7 Å². The highest BCUT2D eigenvalue weighted by Gasteiger charge is 2.38. The molecule has 0 unspecified atom stereocenters. The standard InChI is InChI=1S/C15H21N3O2S2.C2HF3O2/c1-2-9-20-14-6-4-3-5-13(14)12-18-15(19)17-8-11-22-21-10-7-16;3-2(4,5)1(6)7/h1,3-6H,7-12,16H2,(H2,17,18,19);(H,6,7). The number of nitrogens with two attached hydrogens (primary N) is 1. The maximum Gasteiger partial charge on any atom is 0.490 e. The topological polar surface area (TPSA) is 114 Å². The predicted molar refractivity (Wildman–Crippen MR) is 109 cm³/mol. The number of alkyl halides is 3. The van der Waals surface area contributed by atoms with Gasteiger partial charge in [0.2, 0.25) is 0 Å². The summed E-state index contributed by atoms with van der Waals surface area (Å²) < 4.78 is 37.2. The molecule has 29 heavy (non-hydrogen) atoms. The van der Waals surface area contributed by atoms with Crippen LogP contribution in [0.2, 0.25) is 0 Å². The van der Waals surface area contributed by atoms with Crippen LogP contribution >= 0.6 is 21.6 Å². The number of hydrogen-bond donors (Lipinski definition) is 4. The summed E-state index contributed by atoms with van der Waals surface area (Å²) in [5, 5.41) is 12.7. The number of rotatable bonds is 10. The molecule has 0 bridgehead atoms. The molecule has 0 aromatic heterocycles. The number of carboxylic acids is 1. The second kappa shape index (κ2) is 15.7. The predicted octanol–water partition coefficient (Wildman–Crippen LogP) is 2.47. The molecule has 1 rings (SSSR count). The fourth-order valence-electron chi connectivity index (χ4n) is 1.52. The summed E-state index contributed by atoms with van der Waals surface area (Å²) in [6, 6.07) is 7.29. The molecule has 0 aliphatic heterocycles. The molecule has 0 saturated carbocycles. The Labute approximate surface area is 174 Å². The molecule has 0 heterocycles. The number of terminal acetylenes is 1. The first-order valence-corrected chi connectivity index (χ1v) is 10.6. The highest BCUT2D eigenvalue weighted by atomic mass is 33.1. The first-order chi connectivity index (χ1) is 13.7. The molecular formula is C17H22F3N3O4S2. The van der Waals surface area contributed by atoms with E-state index in [4.69, 9.17) is 26.8 Å². The van der Waals surface area contributed by atoms with Gasteiger partial charge in [-0.25, -0.2) is 9.59 Å². The Kier molecular flexibility index (Phi) is 14.5. The average molecular weight is 454 g/mol. The number of carboxylic acid groups (broad SMARTS) is 1. The molecule has 0 saturated heterocycles. The van der Waals surface area contributed by atoms with Crippen molar-refractivity contribution in [2.24, 2.45) is 5.73 Å². The third-order valence-corrected chi connectivity index (χ3v) is 5.16. The van der Waals surface area contributed by atoms with E-state index in [1.165, 1.54) is 0 Å². The van der Waals surface area contributed by atoms with Crippen LogP contribution in [0.1, 0.15) is 5.56 Å². The van der Waals surface area contributed by atoms with E-state index < -0.39 is 12.1 Å². The van der Waals surface area contributed by atoms with Crippen LogP contribution in [0, 0.1) is 12.3 Å². The zero-order chi connectivity index (χ0) is 22.1. The zero-order valence-corrected chi connectivity index (χ0v) is 17.0. The maximum atomic E-state index is 11.7. The first kappa shape index (κ1) is 26.8. The summed E-state index contributed by atoms with van der Waals surface area (Å²) in [5.74, 6) is 2.12. The van der Waals surface area contributed by atoms with Crippen molar-refractivity contribution in [2.45, 2.75) is 12.7 Å². The number of carbonyl (C=O) groups is 2. The normalized spacial score (nSPS) is 10.2. The lowest BCUT2D eigenvalue weighted by Gasteiger charge is -2.11. The van der Waals surface area contributed by atoms with Crippen molar-refractivity contribution in [1.29, 1.82) is 0 Å². The third-order valence-electron chi connectivity index (χ3n) is 2.72. The lowest BCUT2D eigenvalue weighted by molar-refractivity contribution is -0.192. The minimum atomic E-state index is -5.08. The molecule has 7 nitrogen and oxygen atoms in total. The molecule has 12 heteroatoms. The van der Waals surface area contributed by atoms with Crippen LogP contribution in [0.15, 0.2) is 24.3 Å². The van der Waals surface area contributed by atoms with Crippen LogP contribution in [-0.4, -0.2) is 54.5 Å². The van der Waals surface area contributed by atoms with Gasteiger partial charge in [-0.3, -0.25) is 0 Å². The van der Waals surface area contributed by atoms with E-state index in [9.17, 15) is 18.0 Å². The number of hydrogen-bond acceptors (Lipinski definition) is 6. The van der Waals surface area contributed by atoms with E-state index in [1.807, 2.05) is 24.3 Å². The van der Waals surface area contributed by atoms with Gasteiger partial charge in [0.1, 0.15) is 12.4 Å². The van der Waals surface area contributed by atoms with Gasteiger partial charge in [-0.05, 0) is 6.07 Å². The van der Waals surface area contributed by atoms with E-state index >= 15 is 0 Å². The van der Waals surface area contributed by atoms with Crippen molar-refractivity contribution in [2.75, 3.05) is 31.2 Å². The Morgan fingerprint density at radius 3 is 2.41 bits per heavy atom. The van der Waals surface area contributed by atoms with Gasteiger partial charge in [-0.2, -0.15) is 13.2 Å². The number of urea groups is 1. The van der Waals surface area contributed by atoms with Gasteiger partial charge in [0.05, 0.1) is 0 Å². The number of carbonyl (C=O) groups excluding carboxylic acids is 1. The molecule has 0 aliphatic rings. The zero-order valence-electron chi connectivity index (χ0n) is 15.3. The maximum absolute atomic E-state index is 11.7. The van der Waals surface area contributed by atoms with E-state index in [0.717, 1.165) is 17.1 Å². The van der Waals surface area contributed by atoms with Crippen LogP contribution in [-0.2, 0) is 11.3 Å². The summed E-state index contributed by atoms with van der Waals surface area (Å²) in [4.78, 5) is 20.6. The van der Waals surface area contributed by atoms with Crippen LogP contribution in [0.25, 0.3) is 0 Å². The van der Waals surface area contributed by atoms with Crippen LogP contribution < -0.4 is 21.1 Å². The molecule has 0 atom stereocenters. The van der Waals surface area contributed by atoms with Crippen molar-refractivity contribution in [3.05, 3.63) is 29.8 Å². The van der Waals surface area contributed by atoms with E-state index in [-0.39, 0.29) is 12.6 Å². The summed E-state index contributed by atoms with van der Waals surface area (Å²) >= 11 is 0. The molecule has 0 fully saturated rings. The summed E-state index contributed by atoms with van der Waals surface area (Å²) in [5.41, 5.74) is 6.28. The fraction of sp³-hybridized carbons (Fsp3) is 0.412. The SMILES string of the molecule is C#CCOc1ccccc1CNC(=O)NCCSSCCN.O=C(O)C(F)(F)F. The van der Waals surface area contributed by atoms with Crippen molar-refractivity contribution < 1.29 is 32.6 Å². The highest BCUT2D eigenvalue weighted by Crippen LogP contribution is 2.19. The monoisotopic (exact) mass is 453 g/mol. The lowest BCUT2D eigenvalue weighted by Crippen LogP contribution is -2.36. The van der Waals surface area contributed by atoms with Crippen LogP contribution in [0.5, 0.6) is 5.75 Å². The minimum absolute atomic E-state index is 0.198. The van der Waals surface area contributed by atoms with Gasteiger partial charge >= 0.3 is 18.2 Å². The Morgan fingerprint density at radius 1 is 1.21 bits per heavy atom. The van der Waals surface area contributed by atoms with Crippen molar-refractivity contribution in [1.82, 2.24) is 10.6 Å². The Balaban J connectivity index is 0.000000956. The van der Waals surface area contributed by atoms with Gasteiger partial charge in [0.15, 0.2) is 0 Å². The fourth-order valence-corrected chi connectivity index (χ4v) is 3.28. The van der Waals surface area contributed by atoms with Gasteiger partial charge in [0, 0.05) is 36.7 Å². The third kappa shape index (κ3) is 14.4. The number of amides is 2. The Bertz CT molecular complexity index is 670. The first-order valence-electron chi connectivity index (χ1n) is 8.12. The molecule has 0 radical (unpaired) electrons. The van der Waals surface area contributed by atoms with Gasteiger partial charge in [0.25, 0.3) is 0 Å². The summed E-state index contributed by atoms with van der Waals surface area (Å²) in [7, 11) is 3.41. The van der Waals surface area contributed by atoms with Crippen LogP contribution in [0.3, 0.4) is 0 Å². The Hall–Kier alpha value is -2.23. The number of halogens is 3. The van der Waals surface area contributed by atoms with E-state index in [0.29, 0.717) is 25.4 Å². The highest BCUT2D eigenvalue weighted by molar-refractivity contribution is 8.76. The van der Waals surface area contributed by atoms with E-state index in [1.54, 1.807) is 21.6 Å². The minimum Gasteiger partial charge on any atom is -0.481 e. The molecule has 1 aromatic rings. The largest absolute Gasteiger partial charge is 0.490 e. The summed E-state index contributed by atoms with van der Waals surface area (Å²) in [6.07, 6.45) is 0.0983. The Morgan fingerprint density at radius 2 is 1.83 bits per heavy atom. The molecular weight excluding hydrogens is 431 g/mol. The molecule has 5 N–H and O–H groups in total. The molecule has 2 amide bonds. The quantitative estimate of drug-likeness (QED) is 0.245. The number of ether oxygens (including phenoxy) is 1.